The van der Waals surface area contributed by atoms with Crippen LogP contribution in [-0.2, 0) is 26.0 Å². The summed E-state index contributed by atoms with van der Waals surface area (Å²) in [6.45, 7) is -1.45. The first-order chi connectivity index (χ1) is 9.98. The maximum Gasteiger partial charge on any atom is 0.386 e. The van der Waals surface area contributed by atoms with Gasteiger partial charge >= 0.3 is 6.80 Å². The molecule has 0 amide bonds. The molecule has 114 valence electrons. The van der Waals surface area contributed by atoms with Gasteiger partial charge in [0.05, 0.1) is 12.7 Å². The van der Waals surface area contributed by atoms with Crippen LogP contribution in [0.15, 0.2) is 24.3 Å². The Balaban J connectivity index is 1.76. The van der Waals surface area contributed by atoms with E-state index < -0.39 is 6.80 Å². The van der Waals surface area contributed by atoms with E-state index in [-0.39, 0.29) is 18.7 Å². The molecule has 21 heavy (non-hydrogen) atoms. The van der Waals surface area contributed by atoms with Gasteiger partial charge in [0.1, 0.15) is 7.85 Å². The predicted octanol–water partition coefficient (Wildman–Crippen LogP) is 3.27. The third-order valence-electron chi connectivity index (χ3n) is 3.39. The Morgan fingerprint density at radius 2 is 2.05 bits per heavy atom. The molecule has 1 aliphatic rings. The van der Waals surface area contributed by atoms with Gasteiger partial charge in [-0.25, -0.2) is 4.57 Å². The van der Waals surface area contributed by atoms with Crippen molar-refractivity contribution in [2.45, 2.75) is 44.0 Å². The Kier molecular flexibility index (Phi) is 6.39. The molecule has 7 heteroatoms. The number of rotatable bonds is 7. The Morgan fingerprint density at radius 1 is 1.38 bits per heavy atom. The van der Waals surface area contributed by atoms with Gasteiger partial charge in [-0.3, -0.25) is 4.52 Å². The molecule has 1 fully saturated rings. The van der Waals surface area contributed by atoms with Gasteiger partial charge in [0.15, 0.2) is 0 Å². The van der Waals surface area contributed by atoms with E-state index >= 15 is 0 Å². The van der Waals surface area contributed by atoms with E-state index in [9.17, 15) is 9.46 Å². The number of aryl methyl sites for hydroxylation is 1. The van der Waals surface area contributed by atoms with Crippen LogP contribution < -0.4 is 0 Å². The highest BCUT2D eigenvalue weighted by Gasteiger charge is 2.26. The highest BCUT2D eigenvalue weighted by Crippen LogP contribution is 2.57. The maximum atomic E-state index is 12.0. The van der Waals surface area contributed by atoms with Crippen LogP contribution in [0.25, 0.3) is 0 Å². The molecule has 0 aromatic heterocycles. The fourth-order valence-electron chi connectivity index (χ4n) is 2.10. The molecule has 1 aromatic carbocycles. The summed E-state index contributed by atoms with van der Waals surface area (Å²) in [5, 5.41) is 0. The van der Waals surface area contributed by atoms with Crippen molar-refractivity contribution in [3.8, 4) is 0 Å². The average Bonchev–Trinajstić information content (AvgIpc) is 2.90. The molecule has 1 aliphatic heterocycles. The summed E-state index contributed by atoms with van der Waals surface area (Å²) in [5.41, 5.74) is 2.26. The van der Waals surface area contributed by atoms with Crippen LogP contribution in [-0.4, -0.2) is 31.5 Å². The van der Waals surface area contributed by atoms with Crippen LogP contribution in [0.1, 0.15) is 30.9 Å². The standard InChI is InChI=1S/C14H20BO4PS/c1-2-11-3-5-12(6-4-11)10-21-20(16,17)18-9-13-7-8-14(15)19-13/h3-6,13-14H,2,7-10H2,1H3,(H,16,17)/t13-,14+/m0/s1. The minimum absolute atomic E-state index is 0.114. The van der Waals surface area contributed by atoms with Gasteiger partial charge in [0, 0.05) is 11.8 Å². The zero-order chi connectivity index (χ0) is 15.3. The molecule has 2 radical (unpaired) electrons. The minimum Gasteiger partial charge on any atom is -0.382 e. The number of ether oxygens (including phenoxy) is 1. The van der Waals surface area contributed by atoms with Gasteiger partial charge in [0.25, 0.3) is 0 Å². The van der Waals surface area contributed by atoms with Crippen molar-refractivity contribution in [2.75, 3.05) is 6.61 Å². The normalized spacial score (nSPS) is 24.9. The summed E-state index contributed by atoms with van der Waals surface area (Å²) in [4.78, 5) is 9.81. The van der Waals surface area contributed by atoms with E-state index in [4.69, 9.17) is 17.1 Å². The van der Waals surface area contributed by atoms with Crippen LogP contribution in [0.3, 0.4) is 0 Å². The van der Waals surface area contributed by atoms with Crippen molar-refractivity contribution in [1.82, 2.24) is 0 Å². The molecule has 0 bridgehead atoms. The lowest BCUT2D eigenvalue weighted by molar-refractivity contribution is 0.0493. The van der Waals surface area contributed by atoms with E-state index in [2.05, 4.69) is 6.92 Å². The van der Waals surface area contributed by atoms with E-state index in [1.54, 1.807) is 0 Å². The summed E-state index contributed by atoms with van der Waals surface area (Å²) < 4.78 is 22.4. The van der Waals surface area contributed by atoms with Gasteiger partial charge in [-0.2, -0.15) is 0 Å². The molecule has 1 saturated heterocycles. The summed E-state index contributed by atoms with van der Waals surface area (Å²) in [7, 11) is 5.61. The summed E-state index contributed by atoms with van der Waals surface area (Å²) in [6, 6.07) is 7.75. The van der Waals surface area contributed by atoms with E-state index in [1.165, 1.54) is 5.56 Å². The Bertz CT molecular complexity index is 496. The molecule has 3 atom stereocenters. The van der Waals surface area contributed by atoms with Crippen molar-refractivity contribution < 1.29 is 18.7 Å². The zero-order valence-corrected chi connectivity index (χ0v) is 13.8. The van der Waals surface area contributed by atoms with Crippen LogP contribution in [0.4, 0.5) is 0 Å². The van der Waals surface area contributed by atoms with Gasteiger partial charge < -0.3 is 9.63 Å². The first-order valence-corrected chi connectivity index (χ1v) is 10.3. The summed E-state index contributed by atoms with van der Waals surface area (Å²) in [5.74, 6) is 0.447. The van der Waals surface area contributed by atoms with E-state index in [0.717, 1.165) is 36.2 Å². The van der Waals surface area contributed by atoms with Crippen LogP contribution in [0, 0.1) is 0 Å². The largest absolute Gasteiger partial charge is 0.386 e. The number of hydrogen-bond acceptors (Lipinski definition) is 4. The molecule has 1 N–H and O–H groups in total. The van der Waals surface area contributed by atoms with Crippen LogP contribution in [0.2, 0.25) is 0 Å². The molecule has 2 rings (SSSR count). The van der Waals surface area contributed by atoms with Gasteiger partial charge in [-0.1, -0.05) is 31.2 Å². The Labute approximate surface area is 131 Å². The second kappa shape index (κ2) is 7.84. The van der Waals surface area contributed by atoms with Gasteiger partial charge in [0.2, 0.25) is 0 Å². The Morgan fingerprint density at radius 3 is 2.62 bits per heavy atom. The number of benzene rings is 1. The fraction of sp³-hybridized carbons (Fsp3) is 0.571. The Hall–Kier alpha value is -0.255. The maximum absolute atomic E-state index is 12.0. The van der Waals surface area contributed by atoms with Gasteiger partial charge in [-0.15, -0.1) is 0 Å². The molecule has 4 nitrogen and oxygen atoms in total. The highest BCUT2D eigenvalue weighted by atomic mass is 32.7. The lowest BCUT2D eigenvalue weighted by Gasteiger charge is -2.15. The van der Waals surface area contributed by atoms with Crippen LogP contribution >= 0.6 is 18.2 Å². The molecule has 0 aliphatic carbocycles. The lowest BCUT2D eigenvalue weighted by Crippen LogP contribution is -2.15. The molecule has 1 heterocycles. The van der Waals surface area contributed by atoms with Crippen molar-refractivity contribution in [2.24, 2.45) is 0 Å². The van der Waals surface area contributed by atoms with E-state index in [0.29, 0.717) is 5.75 Å². The smallest absolute Gasteiger partial charge is 0.382 e. The van der Waals surface area contributed by atoms with Crippen molar-refractivity contribution in [3.05, 3.63) is 35.4 Å². The summed E-state index contributed by atoms with van der Waals surface area (Å²) in [6.07, 6.45) is 2.34. The molecular weight excluding hydrogens is 306 g/mol. The topological polar surface area (TPSA) is 55.8 Å². The van der Waals surface area contributed by atoms with Crippen molar-refractivity contribution >= 4 is 26.0 Å². The average molecular weight is 326 g/mol. The molecular formula is C14H20BO4PS. The molecule has 0 spiro atoms. The molecule has 1 aromatic rings. The lowest BCUT2D eigenvalue weighted by atomic mass is 9.97. The SMILES string of the molecule is [B][C@H]1CC[C@@H](COP(=O)(O)SCc2ccc(CC)cc2)O1. The quantitative estimate of drug-likeness (QED) is 0.616. The van der Waals surface area contributed by atoms with Gasteiger partial charge in [-0.05, 0) is 41.8 Å². The highest BCUT2D eigenvalue weighted by molar-refractivity contribution is 8.54. The third kappa shape index (κ3) is 5.80. The monoisotopic (exact) mass is 326 g/mol. The van der Waals surface area contributed by atoms with Crippen molar-refractivity contribution in [1.29, 1.82) is 0 Å². The van der Waals surface area contributed by atoms with Crippen molar-refractivity contribution in [3.63, 3.8) is 0 Å². The van der Waals surface area contributed by atoms with E-state index in [1.807, 2.05) is 24.3 Å². The number of hydrogen-bond donors (Lipinski definition) is 1. The summed E-state index contributed by atoms with van der Waals surface area (Å²) >= 11 is 0.932. The first kappa shape index (κ1) is 17.1. The molecule has 1 unspecified atom stereocenters. The molecule has 0 saturated carbocycles. The van der Waals surface area contributed by atoms with Crippen LogP contribution in [0.5, 0.6) is 0 Å². The second-order valence-corrected chi connectivity index (χ2v) is 8.98. The predicted molar refractivity (Wildman–Crippen MR) is 86.5 cm³/mol. The third-order valence-corrected chi connectivity index (χ3v) is 6.34. The fourth-order valence-corrected chi connectivity index (χ4v) is 4.37. The zero-order valence-electron chi connectivity index (χ0n) is 12.1. The minimum atomic E-state index is -3.65. The first-order valence-electron chi connectivity index (χ1n) is 7.09. The second-order valence-electron chi connectivity index (χ2n) is 5.08.